The van der Waals surface area contributed by atoms with E-state index in [9.17, 15) is 9.18 Å². The van der Waals surface area contributed by atoms with E-state index in [2.05, 4.69) is 10.1 Å². The monoisotopic (exact) mass is 459 g/mol. The summed E-state index contributed by atoms with van der Waals surface area (Å²) in [5.74, 6) is -0.388. The summed E-state index contributed by atoms with van der Waals surface area (Å²) in [6.07, 6.45) is 1.59. The number of carbonyl (C=O) groups excluding carboxylic acids is 1. The fraction of sp³-hybridized carbons (Fsp3) is 0.190. The molecule has 1 aliphatic rings. The maximum absolute atomic E-state index is 15.0. The Morgan fingerprint density at radius 2 is 2.00 bits per heavy atom. The molecule has 7 nitrogen and oxygen atoms in total. The quantitative estimate of drug-likeness (QED) is 0.481. The minimum Gasteiger partial charge on any atom is -0.491 e. The number of hydrogen-bond donors (Lipinski definition) is 1. The molecule has 1 amide bonds. The van der Waals surface area contributed by atoms with E-state index in [1.54, 1.807) is 37.1 Å². The number of fused-ring (bicyclic) bond motifs is 4. The zero-order valence-corrected chi connectivity index (χ0v) is 18.0. The molecule has 0 fully saturated rings. The molecule has 5 rings (SSSR count). The van der Waals surface area contributed by atoms with Crippen molar-refractivity contribution in [1.82, 2.24) is 19.7 Å². The van der Waals surface area contributed by atoms with Gasteiger partial charge in [-0.1, -0.05) is 23.2 Å². The van der Waals surface area contributed by atoms with Gasteiger partial charge in [0, 0.05) is 37.2 Å². The Labute approximate surface area is 186 Å². The number of hydrogen-bond acceptors (Lipinski definition) is 5. The average Bonchev–Trinajstić information content (AvgIpc) is 3.31. The summed E-state index contributed by atoms with van der Waals surface area (Å²) in [4.78, 5) is 19.0. The summed E-state index contributed by atoms with van der Waals surface area (Å²) in [7, 11) is 3.35. The molecule has 0 spiro atoms. The van der Waals surface area contributed by atoms with Gasteiger partial charge in [0.05, 0.1) is 44.3 Å². The minimum atomic E-state index is -0.689. The maximum Gasteiger partial charge on any atom is 0.257 e. The Morgan fingerprint density at radius 1 is 1.26 bits per heavy atom. The van der Waals surface area contributed by atoms with Gasteiger partial charge in [-0.15, -0.1) is 0 Å². The number of nitrogens with zero attached hydrogens (tertiary/aromatic N) is 4. The molecule has 4 aromatic rings. The van der Waals surface area contributed by atoms with Crippen molar-refractivity contribution in [2.75, 3.05) is 19.4 Å². The second-order valence-corrected chi connectivity index (χ2v) is 8.24. The lowest BCUT2D eigenvalue weighted by Gasteiger charge is -2.24. The molecular weight excluding hydrogens is 444 g/mol. The Kier molecular flexibility index (Phi) is 4.46. The number of halogens is 3. The van der Waals surface area contributed by atoms with Crippen molar-refractivity contribution < 1.29 is 13.9 Å². The smallest absolute Gasteiger partial charge is 0.257 e. The van der Waals surface area contributed by atoms with Gasteiger partial charge in [-0.3, -0.25) is 9.48 Å². The molecule has 0 saturated heterocycles. The van der Waals surface area contributed by atoms with E-state index < -0.39 is 17.8 Å². The molecule has 0 radical (unpaired) electrons. The molecule has 0 bridgehead atoms. The molecule has 158 valence electrons. The van der Waals surface area contributed by atoms with Crippen LogP contribution in [-0.4, -0.2) is 39.2 Å². The highest BCUT2D eigenvalue weighted by Gasteiger charge is 2.33. The van der Waals surface area contributed by atoms with Gasteiger partial charge < -0.3 is 15.4 Å². The average molecular weight is 460 g/mol. The number of ether oxygens (including phenoxy) is 1. The summed E-state index contributed by atoms with van der Waals surface area (Å²) in [5, 5.41) is 6.15. The molecule has 10 heteroatoms. The zero-order valence-electron chi connectivity index (χ0n) is 16.5. The third-order valence-electron chi connectivity index (χ3n) is 5.62. The molecule has 2 N–H and O–H groups in total. The highest BCUT2D eigenvalue weighted by molar-refractivity contribution is 6.42. The van der Waals surface area contributed by atoms with E-state index in [-0.39, 0.29) is 18.0 Å². The first-order valence-corrected chi connectivity index (χ1v) is 10.1. The highest BCUT2D eigenvalue weighted by atomic mass is 35.5. The number of nitrogens with two attached hydrogens (primary N) is 1. The first-order chi connectivity index (χ1) is 14.8. The van der Waals surface area contributed by atoms with E-state index in [1.165, 1.54) is 17.0 Å². The summed E-state index contributed by atoms with van der Waals surface area (Å²) in [6.45, 7) is 0.216. The summed E-state index contributed by atoms with van der Waals surface area (Å²) in [5.41, 5.74) is 7.64. The van der Waals surface area contributed by atoms with Gasteiger partial charge in [0.2, 0.25) is 0 Å². The number of pyridine rings is 1. The van der Waals surface area contributed by atoms with Crippen LogP contribution in [0.1, 0.15) is 22.0 Å². The normalized spacial score (nSPS) is 15.3. The molecule has 2 aromatic heterocycles. The number of rotatable bonds is 2. The van der Waals surface area contributed by atoms with Crippen LogP contribution in [0.4, 0.5) is 10.2 Å². The second-order valence-electron chi connectivity index (χ2n) is 7.42. The molecule has 0 aliphatic carbocycles. The third kappa shape index (κ3) is 2.97. The van der Waals surface area contributed by atoms with Crippen LogP contribution < -0.4 is 10.5 Å². The summed E-state index contributed by atoms with van der Waals surface area (Å²) < 4.78 is 22.3. The van der Waals surface area contributed by atoms with Gasteiger partial charge in [0.15, 0.2) is 0 Å². The summed E-state index contributed by atoms with van der Waals surface area (Å²) >= 11 is 12.2. The van der Waals surface area contributed by atoms with Crippen LogP contribution in [0.2, 0.25) is 10.0 Å². The van der Waals surface area contributed by atoms with Crippen molar-refractivity contribution in [1.29, 1.82) is 0 Å². The Bertz CT molecular complexity index is 1400. The van der Waals surface area contributed by atoms with Crippen LogP contribution >= 0.6 is 23.2 Å². The number of nitrogen functional groups attached to an aromatic ring is 1. The molecule has 1 aliphatic heterocycles. The van der Waals surface area contributed by atoms with E-state index in [0.717, 1.165) is 5.56 Å². The van der Waals surface area contributed by atoms with Gasteiger partial charge in [-0.2, -0.15) is 5.10 Å². The highest BCUT2D eigenvalue weighted by Crippen LogP contribution is 2.41. The minimum absolute atomic E-state index is 0.0856. The van der Waals surface area contributed by atoms with Crippen molar-refractivity contribution in [3.8, 4) is 5.75 Å². The van der Waals surface area contributed by atoms with Gasteiger partial charge >= 0.3 is 0 Å². The molecule has 2 aromatic carbocycles. The van der Waals surface area contributed by atoms with Gasteiger partial charge in [0.25, 0.3) is 5.91 Å². The molecule has 0 saturated carbocycles. The lowest BCUT2D eigenvalue weighted by molar-refractivity contribution is 0.0704. The first-order valence-electron chi connectivity index (χ1n) is 9.35. The van der Waals surface area contributed by atoms with Crippen molar-refractivity contribution >= 4 is 56.7 Å². The van der Waals surface area contributed by atoms with E-state index in [0.29, 0.717) is 37.6 Å². The van der Waals surface area contributed by atoms with Crippen LogP contribution in [0.15, 0.2) is 30.5 Å². The topological polar surface area (TPSA) is 86.3 Å². The van der Waals surface area contributed by atoms with Gasteiger partial charge in [-0.05, 0) is 12.1 Å². The largest absolute Gasteiger partial charge is 0.491 e. The van der Waals surface area contributed by atoms with Crippen LogP contribution in [0.5, 0.6) is 5.75 Å². The van der Waals surface area contributed by atoms with E-state index in [4.69, 9.17) is 33.7 Å². The number of aryl methyl sites for hydroxylation is 1. The van der Waals surface area contributed by atoms with E-state index in [1.807, 2.05) is 0 Å². The van der Waals surface area contributed by atoms with Crippen molar-refractivity contribution in [2.45, 2.75) is 6.04 Å². The SMILES string of the molecule is CN(C(=O)c1cc2c(cc1F)nc(N)c1cnn(C)c12)[C@@H]1COc2cc(Cl)c(Cl)cc21. The third-order valence-corrected chi connectivity index (χ3v) is 6.34. The summed E-state index contributed by atoms with van der Waals surface area (Å²) in [6, 6.07) is 5.56. The van der Waals surface area contributed by atoms with Crippen molar-refractivity contribution in [3.05, 3.63) is 57.5 Å². The zero-order chi connectivity index (χ0) is 22.0. The predicted molar refractivity (Wildman–Crippen MR) is 117 cm³/mol. The number of likely N-dealkylation sites (N-methyl/N-ethyl adjacent to an activating group) is 1. The number of amides is 1. The lowest BCUT2D eigenvalue weighted by Crippen LogP contribution is -2.32. The van der Waals surface area contributed by atoms with Crippen LogP contribution in [0.3, 0.4) is 0 Å². The van der Waals surface area contributed by atoms with Crippen LogP contribution in [0, 0.1) is 5.82 Å². The lowest BCUT2D eigenvalue weighted by atomic mass is 10.0. The predicted octanol–water partition coefficient (Wildman–Crippen LogP) is 4.36. The number of carbonyl (C=O) groups is 1. The first kappa shape index (κ1) is 19.8. The second kappa shape index (κ2) is 6.96. The number of aromatic nitrogens is 3. The molecule has 0 unspecified atom stereocenters. The Morgan fingerprint density at radius 3 is 2.77 bits per heavy atom. The molecule has 1 atom stereocenters. The fourth-order valence-electron chi connectivity index (χ4n) is 3.98. The Balaban J connectivity index is 1.60. The van der Waals surface area contributed by atoms with Crippen molar-refractivity contribution in [3.63, 3.8) is 0 Å². The van der Waals surface area contributed by atoms with Crippen LogP contribution in [-0.2, 0) is 7.05 Å². The Hall–Kier alpha value is -3.10. The van der Waals surface area contributed by atoms with Gasteiger partial charge in [-0.25, -0.2) is 9.37 Å². The van der Waals surface area contributed by atoms with E-state index >= 15 is 0 Å². The number of benzene rings is 2. The van der Waals surface area contributed by atoms with Crippen molar-refractivity contribution in [2.24, 2.45) is 7.05 Å². The maximum atomic E-state index is 15.0. The fourth-order valence-corrected chi connectivity index (χ4v) is 4.31. The molecule has 31 heavy (non-hydrogen) atoms. The number of anilines is 1. The standard InChI is InChI=1S/C21H16Cl2FN5O2/c1-28(17-8-31-18-5-14(23)13(22)4-11(17)18)21(30)9-3-10-16(6-15(9)24)27-20(25)12-7-26-29(2)19(10)12/h3-7,17H,8H2,1-2H3,(H2,25,27)/t17-/m1/s1. The van der Waals surface area contributed by atoms with Gasteiger partial charge in [0.1, 0.15) is 24.0 Å². The molecular formula is C21H16Cl2FN5O2. The molecule has 3 heterocycles. The van der Waals surface area contributed by atoms with Crippen LogP contribution in [0.25, 0.3) is 21.8 Å².